The van der Waals surface area contributed by atoms with E-state index in [-0.39, 0.29) is 32.0 Å². The van der Waals surface area contributed by atoms with E-state index in [4.69, 9.17) is 18.5 Å². The zero-order chi connectivity index (χ0) is 61.2. The summed E-state index contributed by atoms with van der Waals surface area (Å²) in [6.45, 7) is 4.21. The first-order valence-electron chi connectivity index (χ1n) is 34.3. The minimum absolute atomic E-state index is 0.0259. The van der Waals surface area contributed by atoms with Crippen molar-refractivity contribution in [1.29, 1.82) is 0 Å². The van der Waals surface area contributed by atoms with Crippen LogP contribution in [0, 0.1) is 0 Å². The lowest BCUT2D eigenvalue weighted by Gasteiger charge is -2.24. The van der Waals surface area contributed by atoms with E-state index in [1.54, 1.807) is 0 Å². The molecule has 0 saturated carbocycles. The number of carbonyl (C=O) groups is 2. The van der Waals surface area contributed by atoms with E-state index < -0.39 is 26.5 Å². The van der Waals surface area contributed by atoms with E-state index in [0.29, 0.717) is 17.4 Å². The Kier molecular flexibility index (Phi) is 61.2. The van der Waals surface area contributed by atoms with Crippen LogP contribution in [0.3, 0.4) is 0 Å². The van der Waals surface area contributed by atoms with Gasteiger partial charge in [0.15, 0.2) is 6.10 Å². The van der Waals surface area contributed by atoms with Crippen molar-refractivity contribution in [2.24, 2.45) is 0 Å². The number of rotatable bonds is 62. The summed E-state index contributed by atoms with van der Waals surface area (Å²) in [5.74, 6) is -0.807. The fraction of sp³-hybridized carbons (Fsp3) is 0.703. The third-order valence-electron chi connectivity index (χ3n) is 14.5. The van der Waals surface area contributed by atoms with Crippen molar-refractivity contribution in [2.45, 2.75) is 290 Å². The summed E-state index contributed by atoms with van der Waals surface area (Å²) in [6, 6.07) is 0. The Morgan fingerprint density at radius 1 is 0.369 bits per heavy atom. The molecule has 0 amide bonds. The zero-order valence-electron chi connectivity index (χ0n) is 54.9. The molecule has 9 nitrogen and oxygen atoms in total. The molecular weight excluding hydrogens is 1060 g/mol. The Hall–Kier alpha value is -3.59. The molecule has 2 unspecified atom stereocenters. The maximum atomic E-state index is 12.9. The van der Waals surface area contributed by atoms with E-state index in [1.807, 2.05) is 21.1 Å². The van der Waals surface area contributed by atoms with Crippen molar-refractivity contribution in [3.63, 3.8) is 0 Å². The number of quaternary nitrogens is 1. The highest BCUT2D eigenvalue weighted by molar-refractivity contribution is 7.47. The quantitative estimate of drug-likeness (QED) is 0.0211. The number of likely N-dealkylation sites (N-methyl/N-ethyl adjacent to an activating group) is 1. The van der Waals surface area contributed by atoms with Gasteiger partial charge < -0.3 is 18.9 Å². The molecule has 0 rings (SSSR count). The van der Waals surface area contributed by atoms with Gasteiger partial charge in [0.05, 0.1) is 27.7 Å². The van der Waals surface area contributed by atoms with Gasteiger partial charge in [-0.25, -0.2) is 4.57 Å². The lowest BCUT2D eigenvalue weighted by molar-refractivity contribution is -0.870. The summed E-state index contributed by atoms with van der Waals surface area (Å²) in [6.07, 6.45) is 91.6. The molecule has 0 aliphatic heterocycles. The van der Waals surface area contributed by atoms with Crippen LogP contribution in [0.4, 0.5) is 0 Å². The summed E-state index contributed by atoms with van der Waals surface area (Å²) < 4.78 is 34.7. The van der Waals surface area contributed by atoms with Gasteiger partial charge in [0, 0.05) is 12.8 Å². The van der Waals surface area contributed by atoms with Crippen LogP contribution in [-0.4, -0.2) is 74.9 Å². The van der Waals surface area contributed by atoms with Crippen molar-refractivity contribution < 1.29 is 42.1 Å². The highest BCUT2D eigenvalue weighted by Gasteiger charge is 2.27. The van der Waals surface area contributed by atoms with Gasteiger partial charge in [-0.2, -0.15) is 0 Å². The van der Waals surface area contributed by atoms with Crippen LogP contribution in [0.1, 0.15) is 284 Å². The van der Waals surface area contributed by atoms with E-state index in [9.17, 15) is 19.0 Å². The lowest BCUT2D eigenvalue weighted by atomic mass is 10.0. The van der Waals surface area contributed by atoms with Crippen LogP contribution in [0.2, 0.25) is 0 Å². The molecule has 0 aromatic heterocycles. The van der Waals surface area contributed by atoms with Crippen molar-refractivity contribution in [2.75, 3.05) is 47.5 Å². The average Bonchev–Trinajstić information content (AvgIpc) is 3.61. The smallest absolute Gasteiger partial charge is 0.462 e. The highest BCUT2D eigenvalue weighted by atomic mass is 31.2. The molecule has 0 spiro atoms. The first kappa shape index (κ1) is 80.4. The van der Waals surface area contributed by atoms with Crippen LogP contribution in [-0.2, 0) is 32.7 Å². The van der Waals surface area contributed by atoms with Gasteiger partial charge in [-0.3, -0.25) is 18.6 Å². The lowest BCUT2D eigenvalue weighted by Crippen LogP contribution is -2.37. The van der Waals surface area contributed by atoms with Crippen LogP contribution in [0.15, 0.2) is 122 Å². The Bertz CT molecular complexity index is 1830. The topological polar surface area (TPSA) is 108 Å². The van der Waals surface area contributed by atoms with Crippen molar-refractivity contribution >= 4 is 19.8 Å². The van der Waals surface area contributed by atoms with Crippen LogP contribution < -0.4 is 0 Å². The van der Waals surface area contributed by atoms with Crippen LogP contribution >= 0.6 is 7.82 Å². The molecule has 10 heteroatoms. The number of esters is 2. The van der Waals surface area contributed by atoms with Gasteiger partial charge in [-0.05, 0) is 103 Å². The molecule has 0 saturated heterocycles. The summed E-state index contributed by atoms with van der Waals surface area (Å²) >= 11 is 0. The Morgan fingerprint density at radius 2 is 0.643 bits per heavy atom. The van der Waals surface area contributed by atoms with Crippen LogP contribution in [0.5, 0.6) is 0 Å². The average molecular weight is 1190 g/mol. The van der Waals surface area contributed by atoms with Crippen molar-refractivity contribution in [3.05, 3.63) is 122 Å². The molecule has 0 fully saturated rings. The predicted molar refractivity (Wildman–Crippen MR) is 362 cm³/mol. The normalized spacial score (nSPS) is 13.9. The monoisotopic (exact) mass is 1190 g/mol. The SMILES string of the molecule is CC/C=C\C/C=C\C/C=C\C/C=C\C/C=C\CCCCCCCCCCCCCCCCCCCCCCCC(=O)OC(COC(=O)CCCCCCCCC/C=C\C/C=C\C/C=C\C/C=C\C/C=C\CC)COP(=O)(O)OCC[N+](C)(C)C. The fourth-order valence-electron chi connectivity index (χ4n) is 9.31. The van der Waals surface area contributed by atoms with Gasteiger partial charge in [0.1, 0.15) is 19.8 Å². The summed E-state index contributed by atoms with van der Waals surface area (Å²) in [7, 11) is 1.47. The Labute approximate surface area is 518 Å². The molecule has 0 aliphatic rings. The molecule has 0 heterocycles. The minimum atomic E-state index is -4.40. The third-order valence-corrected chi connectivity index (χ3v) is 15.5. The van der Waals surface area contributed by atoms with Gasteiger partial charge in [0.2, 0.25) is 0 Å². The maximum absolute atomic E-state index is 12.9. The van der Waals surface area contributed by atoms with Gasteiger partial charge in [-0.1, -0.05) is 289 Å². The molecule has 1 N–H and O–H groups in total. The zero-order valence-corrected chi connectivity index (χ0v) is 55.7. The molecule has 2 atom stereocenters. The molecule has 0 aliphatic carbocycles. The number of unbranched alkanes of at least 4 members (excludes halogenated alkanes) is 28. The van der Waals surface area contributed by atoms with E-state index in [0.717, 1.165) is 109 Å². The van der Waals surface area contributed by atoms with E-state index in [1.165, 1.54) is 141 Å². The van der Waals surface area contributed by atoms with E-state index >= 15 is 0 Å². The second kappa shape index (κ2) is 63.9. The number of phosphoric ester groups is 1. The number of carbonyl (C=O) groups excluding carboxylic acids is 2. The predicted octanol–water partition coefficient (Wildman–Crippen LogP) is 22.3. The van der Waals surface area contributed by atoms with Crippen LogP contribution in [0.25, 0.3) is 0 Å². The third kappa shape index (κ3) is 67.5. The first-order valence-corrected chi connectivity index (χ1v) is 35.8. The summed E-state index contributed by atoms with van der Waals surface area (Å²) in [4.78, 5) is 35.8. The summed E-state index contributed by atoms with van der Waals surface area (Å²) in [5.41, 5.74) is 0. The van der Waals surface area contributed by atoms with Gasteiger partial charge in [-0.15, -0.1) is 0 Å². The largest absolute Gasteiger partial charge is 0.472 e. The van der Waals surface area contributed by atoms with Gasteiger partial charge in [0.25, 0.3) is 0 Å². The first-order chi connectivity index (χ1) is 41.0. The second-order valence-corrected chi connectivity index (χ2v) is 25.3. The molecular formula is C74H129NO8P+. The Morgan fingerprint density at radius 3 is 0.952 bits per heavy atom. The van der Waals surface area contributed by atoms with Crippen molar-refractivity contribution in [3.8, 4) is 0 Å². The number of allylic oxidation sites excluding steroid dienone is 20. The number of nitrogens with zero attached hydrogens (tertiary/aromatic N) is 1. The van der Waals surface area contributed by atoms with E-state index in [2.05, 4.69) is 135 Å². The molecule has 84 heavy (non-hydrogen) atoms. The number of phosphoric acid groups is 1. The summed E-state index contributed by atoms with van der Waals surface area (Å²) in [5, 5.41) is 0. The molecule has 0 bridgehead atoms. The van der Waals surface area contributed by atoms with Gasteiger partial charge >= 0.3 is 19.8 Å². The highest BCUT2D eigenvalue weighted by Crippen LogP contribution is 2.43. The molecule has 0 radical (unpaired) electrons. The standard InChI is InChI=1S/C74H128NO8P/c1-6-8-10-12-14-16-18-20-22-24-26-28-30-31-32-33-34-35-36-37-38-39-40-41-42-43-45-47-49-51-53-55-57-59-61-63-65-67-74(77)83-72(71-82-84(78,79)81-69-68-75(3,4)5)70-80-73(76)66-64-62-60-58-56-54-52-50-48-46-44-29-27-25-23-21-19-17-15-13-11-9-7-2/h8-11,14-17,20-23,26-29,31-32,46,48,72H,6-7,12-13,18-19,24-25,30,33-45,47,49-71H2,1-5H3/p+1/b10-8-,11-9-,16-14-,17-15-,22-20-,23-21-,28-26-,29-27-,32-31-,48-46-. The molecule has 0 aromatic rings. The second-order valence-electron chi connectivity index (χ2n) is 23.8. The molecule has 482 valence electrons. The number of hydrogen-bond donors (Lipinski definition) is 1. The maximum Gasteiger partial charge on any atom is 0.472 e. The Balaban J connectivity index is 4.03. The molecule has 0 aromatic carbocycles. The number of ether oxygens (including phenoxy) is 2. The fourth-order valence-corrected chi connectivity index (χ4v) is 10.0. The van der Waals surface area contributed by atoms with Crippen molar-refractivity contribution in [1.82, 2.24) is 0 Å². The minimum Gasteiger partial charge on any atom is -0.462 e. The number of hydrogen-bond acceptors (Lipinski definition) is 7.